The molecule has 0 radical (unpaired) electrons. The van der Waals surface area contributed by atoms with Crippen LogP contribution in [0.4, 0.5) is 0 Å². The maximum atomic E-state index is 5.96. The van der Waals surface area contributed by atoms with Crippen molar-refractivity contribution in [2.24, 2.45) is 0 Å². The van der Waals surface area contributed by atoms with E-state index in [0.29, 0.717) is 0 Å². The lowest BCUT2D eigenvalue weighted by Crippen LogP contribution is -2.15. The second-order valence-electron chi connectivity index (χ2n) is 4.21. The van der Waals surface area contributed by atoms with Crippen LogP contribution in [0.3, 0.4) is 0 Å². The molecule has 0 aromatic heterocycles. The summed E-state index contributed by atoms with van der Waals surface area (Å²) in [5, 5.41) is 0.954. The quantitative estimate of drug-likeness (QED) is 0.625. The summed E-state index contributed by atoms with van der Waals surface area (Å²) >= 11 is 11.0. The highest BCUT2D eigenvalue weighted by molar-refractivity contribution is 8.74. The molecule has 0 atom stereocenters. The minimum Gasteiger partial charge on any atom is -0.542 e. The Bertz CT molecular complexity index is 361. The van der Waals surface area contributed by atoms with E-state index < -0.39 is 5.89 Å². The van der Waals surface area contributed by atoms with Crippen LogP contribution in [0.5, 0.6) is 5.75 Å². The van der Waals surface area contributed by atoms with Gasteiger partial charge in [0.1, 0.15) is 5.75 Å². The summed E-state index contributed by atoms with van der Waals surface area (Å²) < 4.78 is 11.1. The van der Waals surface area contributed by atoms with E-state index in [-0.39, 0.29) is 6.10 Å². The lowest BCUT2D eigenvalue weighted by Gasteiger charge is -2.39. The molecule has 1 aromatic rings. The first kappa shape index (κ1) is 13.5. The van der Waals surface area contributed by atoms with Gasteiger partial charge in [0.15, 0.2) is 0 Å². The largest absolute Gasteiger partial charge is 0.542 e. The average molecular weight is 287 g/mol. The van der Waals surface area contributed by atoms with Gasteiger partial charge in [-0.25, -0.2) is 0 Å². The van der Waals surface area contributed by atoms with Crippen LogP contribution in [-0.4, -0.2) is 13.2 Å². The summed E-state index contributed by atoms with van der Waals surface area (Å²) in [5.74, 6) is -1.44. The van der Waals surface area contributed by atoms with Crippen LogP contribution in [0.1, 0.15) is 25.7 Å². The Hall–Kier alpha value is 0.110. The minimum atomic E-state index is -2.26. The zero-order chi connectivity index (χ0) is 12.3. The van der Waals surface area contributed by atoms with E-state index in [1.54, 1.807) is 7.11 Å². The minimum absolute atomic E-state index is 0.278. The van der Waals surface area contributed by atoms with Gasteiger partial charge in [-0.15, -0.1) is 0 Å². The van der Waals surface area contributed by atoms with Crippen LogP contribution in [0.2, 0.25) is 0 Å². The number of hydrogen-bond acceptors (Lipinski definition) is 4. The molecule has 1 aliphatic carbocycles. The van der Waals surface area contributed by atoms with Crippen molar-refractivity contribution in [1.29, 1.82) is 0 Å². The van der Waals surface area contributed by atoms with Crippen molar-refractivity contribution in [3.05, 3.63) is 24.3 Å². The molecule has 0 aliphatic heterocycles. The predicted octanol–water partition coefficient (Wildman–Crippen LogP) is 3.14. The van der Waals surface area contributed by atoms with Gasteiger partial charge < -0.3 is 29.2 Å². The molecule has 1 aromatic carbocycles. The Labute approximate surface area is 114 Å². The maximum Gasteiger partial charge on any atom is 0.119 e. The molecule has 1 saturated carbocycles. The zero-order valence-corrected chi connectivity index (χ0v) is 12.3. The first-order valence-corrected chi connectivity index (χ1v) is 9.49. The van der Waals surface area contributed by atoms with Gasteiger partial charge in [-0.3, -0.25) is 4.52 Å². The van der Waals surface area contributed by atoms with E-state index in [1.807, 2.05) is 24.3 Å². The molecule has 0 amide bonds. The van der Waals surface area contributed by atoms with Crippen molar-refractivity contribution < 1.29 is 9.26 Å². The number of hydrogen-bond donors (Lipinski definition) is 0. The molecular formula is C12H16O2PS2-. The van der Waals surface area contributed by atoms with Gasteiger partial charge in [-0.05, 0) is 37.1 Å². The highest BCUT2D eigenvalue weighted by atomic mass is 33.1. The summed E-state index contributed by atoms with van der Waals surface area (Å²) in [6.07, 6.45) is 4.95. The van der Waals surface area contributed by atoms with Gasteiger partial charge in [0.25, 0.3) is 0 Å². The van der Waals surface area contributed by atoms with E-state index in [2.05, 4.69) is 0 Å². The van der Waals surface area contributed by atoms with Crippen LogP contribution in [0.15, 0.2) is 24.3 Å². The molecule has 17 heavy (non-hydrogen) atoms. The predicted molar refractivity (Wildman–Crippen MR) is 77.6 cm³/mol. The van der Waals surface area contributed by atoms with Crippen molar-refractivity contribution in [3.63, 3.8) is 0 Å². The molecule has 0 unspecified atom stereocenters. The van der Waals surface area contributed by atoms with E-state index in [1.165, 1.54) is 12.8 Å². The highest BCUT2D eigenvalue weighted by Crippen LogP contribution is 2.56. The molecule has 0 heterocycles. The van der Waals surface area contributed by atoms with Crippen LogP contribution < -0.4 is 10.0 Å². The Balaban J connectivity index is 2.06. The number of methoxy groups -OCH3 is 1. The summed E-state index contributed by atoms with van der Waals surface area (Å²) in [4.78, 5) is 0. The third-order valence-corrected chi connectivity index (χ3v) is 6.27. The van der Waals surface area contributed by atoms with Gasteiger partial charge in [-0.1, -0.05) is 18.7 Å². The molecule has 0 N–H and O–H groups in total. The van der Waals surface area contributed by atoms with E-state index in [4.69, 9.17) is 33.8 Å². The lowest BCUT2D eigenvalue weighted by atomic mass is 10.3. The highest BCUT2D eigenvalue weighted by Gasteiger charge is 2.23. The summed E-state index contributed by atoms with van der Waals surface area (Å²) in [7, 11) is 1.65. The van der Waals surface area contributed by atoms with E-state index >= 15 is 0 Å². The van der Waals surface area contributed by atoms with Gasteiger partial charge in [0, 0.05) is 0 Å². The Morgan fingerprint density at radius 1 is 1.12 bits per heavy atom. The van der Waals surface area contributed by atoms with Crippen LogP contribution in [0.25, 0.3) is 0 Å². The molecule has 2 rings (SSSR count). The number of rotatable bonds is 4. The monoisotopic (exact) mass is 287 g/mol. The summed E-state index contributed by atoms with van der Waals surface area (Å²) in [6.45, 7) is 0. The van der Waals surface area contributed by atoms with Crippen molar-refractivity contribution in [2.45, 2.75) is 31.8 Å². The zero-order valence-electron chi connectivity index (χ0n) is 9.80. The maximum absolute atomic E-state index is 5.96. The van der Waals surface area contributed by atoms with Gasteiger partial charge >= 0.3 is 0 Å². The molecular weight excluding hydrogens is 271 g/mol. The third-order valence-electron chi connectivity index (χ3n) is 2.98. The normalized spacial score (nSPS) is 17.4. The van der Waals surface area contributed by atoms with Gasteiger partial charge in [0.05, 0.1) is 18.5 Å². The van der Waals surface area contributed by atoms with Crippen LogP contribution in [0, 0.1) is 0 Å². The fourth-order valence-corrected chi connectivity index (χ4v) is 4.72. The summed E-state index contributed by atoms with van der Waals surface area (Å²) in [6, 6.07) is 7.64. The van der Waals surface area contributed by atoms with Crippen molar-refractivity contribution in [2.75, 3.05) is 7.11 Å². The van der Waals surface area contributed by atoms with Crippen molar-refractivity contribution in [3.8, 4) is 5.75 Å². The number of benzene rings is 1. The Morgan fingerprint density at radius 3 is 2.24 bits per heavy atom. The van der Waals surface area contributed by atoms with E-state index in [0.717, 1.165) is 23.9 Å². The van der Waals surface area contributed by atoms with Crippen LogP contribution >= 0.6 is 5.89 Å². The van der Waals surface area contributed by atoms with Crippen molar-refractivity contribution in [1.82, 2.24) is 0 Å². The van der Waals surface area contributed by atoms with Gasteiger partial charge in [-0.2, -0.15) is 0 Å². The molecule has 1 fully saturated rings. The fourth-order valence-electron chi connectivity index (χ4n) is 2.02. The molecule has 0 bridgehead atoms. The lowest BCUT2D eigenvalue weighted by molar-refractivity contribution is 0.241. The van der Waals surface area contributed by atoms with Crippen molar-refractivity contribution >= 4 is 35.7 Å². The molecule has 5 heteroatoms. The fraction of sp³-hybridized carbons (Fsp3) is 0.500. The second kappa shape index (κ2) is 5.83. The average Bonchev–Trinajstić information content (AvgIpc) is 2.81. The number of ether oxygens (including phenoxy) is 1. The summed E-state index contributed by atoms with van der Waals surface area (Å²) in [5.41, 5.74) is 0. The topological polar surface area (TPSA) is 18.5 Å². The van der Waals surface area contributed by atoms with Gasteiger partial charge in [0.2, 0.25) is 0 Å². The first-order valence-electron chi connectivity index (χ1n) is 5.76. The second-order valence-corrected chi connectivity index (χ2v) is 9.71. The van der Waals surface area contributed by atoms with E-state index in [9.17, 15) is 0 Å². The third kappa shape index (κ3) is 3.54. The smallest absolute Gasteiger partial charge is 0.119 e. The Morgan fingerprint density at radius 2 is 1.71 bits per heavy atom. The molecule has 2 nitrogen and oxygen atoms in total. The SMILES string of the molecule is COc1ccc([P+]([S-])([S-])OC2CCCC2)cc1. The first-order chi connectivity index (χ1) is 8.12. The molecule has 0 spiro atoms. The van der Waals surface area contributed by atoms with Crippen LogP contribution in [-0.2, 0) is 29.0 Å². The molecule has 0 saturated heterocycles. The standard InChI is InChI=1S/C12H17O2PS2/c1-13-10-6-8-12(9-7-10)15(16,17)14-11-4-2-3-5-11/h6-9,11H,2-5H2,1H3,(H,16,17)/p-1. The molecule has 1 aliphatic rings. The molecule has 94 valence electrons. The Kier molecular flexibility index (Phi) is 4.65.